The Hall–Kier alpha value is -4.51. The molecule has 0 saturated carbocycles. The van der Waals surface area contributed by atoms with Crippen LogP contribution in [-0.2, 0) is 12.6 Å². The fraction of sp³-hybridized carbons (Fsp3) is 0.290. The number of rotatable bonds is 7. The van der Waals surface area contributed by atoms with Crippen molar-refractivity contribution in [2.24, 2.45) is 0 Å². The number of nitrogens with one attached hydrogen (secondary N) is 1. The van der Waals surface area contributed by atoms with Crippen LogP contribution in [-0.4, -0.2) is 59.0 Å². The average Bonchev–Trinajstić information content (AvgIpc) is 2.99. The van der Waals surface area contributed by atoms with Crippen LogP contribution in [0.25, 0.3) is 11.3 Å². The molecule has 11 heteroatoms. The lowest BCUT2D eigenvalue weighted by atomic mass is 10.1. The van der Waals surface area contributed by atoms with Crippen molar-refractivity contribution in [2.45, 2.75) is 26.4 Å². The summed E-state index contributed by atoms with van der Waals surface area (Å²) >= 11 is 0. The van der Waals surface area contributed by atoms with Crippen molar-refractivity contribution in [3.8, 4) is 22.9 Å². The van der Waals surface area contributed by atoms with Gasteiger partial charge in [-0.2, -0.15) is 13.2 Å². The minimum Gasteiger partial charge on any atom is -0.438 e. The number of ether oxygens (including phenoxy) is 1. The topological polar surface area (TPSA) is 83.5 Å². The second-order valence-corrected chi connectivity index (χ2v) is 10.2. The van der Waals surface area contributed by atoms with Crippen molar-refractivity contribution in [2.75, 3.05) is 43.4 Å². The molecule has 1 saturated heterocycles. The fourth-order valence-corrected chi connectivity index (χ4v) is 4.65. The number of alkyl halides is 3. The van der Waals surface area contributed by atoms with Gasteiger partial charge in [0.05, 0.1) is 28.7 Å². The number of anilines is 2. The molecule has 1 amide bonds. The van der Waals surface area contributed by atoms with Gasteiger partial charge in [-0.1, -0.05) is 13.0 Å². The molecule has 0 unspecified atom stereocenters. The van der Waals surface area contributed by atoms with Gasteiger partial charge in [0.15, 0.2) is 0 Å². The van der Waals surface area contributed by atoms with Gasteiger partial charge in [0, 0.05) is 50.0 Å². The highest BCUT2D eigenvalue weighted by molar-refractivity contribution is 6.04. The molecule has 1 aliphatic heterocycles. The number of carbonyl (C=O) groups is 1. The van der Waals surface area contributed by atoms with Gasteiger partial charge in [-0.15, -0.1) is 0 Å². The number of halogens is 3. The number of hydrogen-bond donors (Lipinski definition) is 1. The largest absolute Gasteiger partial charge is 0.438 e. The van der Waals surface area contributed by atoms with Crippen LogP contribution in [0.5, 0.6) is 11.6 Å². The van der Waals surface area contributed by atoms with Crippen molar-refractivity contribution >= 4 is 17.3 Å². The van der Waals surface area contributed by atoms with Crippen molar-refractivity contribution in [3.05, 3.63) is 89.5 Å². The molecular weight excluding hydrogens is 545 g/mol. The van der Waals surface area contributed by atoms with Crippen molar-refractivity contribution < 1.29 is 22.7 Å². The van der Waals surface area contributed by atoms with Crippen LogP contribution in [0.1, 0.15) is 34.2 Å². The standard InChI is InChI=1S/C31H31F3N6O2/c1-4-28-35-11-10-26(38-28)25-18-24(40-14-12-39(3)13-15-40)19-36-30(25)42-27-9-8-23(16-20(27)2)37-29(41)21-6-5-7-22(17-21)31(32,33)34/h5-11,16-19H,4,12-15H2,1-3H3,(H,37,41). The van der Waals surface area contributed by atoms with Crippen LogP contribution in [0.15, 0.2) is 67.0 Å². The molecule has 0 bridgehead atoms. The first kappa shape index (κ1) is 29.0. The zero-order valence-corrected chi connectivity index (χ0v) is 23.6. The van der Waals surface area contributed by atoms with Crippen LogP contribution in [0.4, 0.5) is 24.5 Å². The lowest BCUT2D eigenvalue weighted by Crippen LogP contribution is -2.44. The van der Waals surface area contributed by atoms with E-state index >= 15 is 0 Å². The van der Waals surface area contributed by atoms with Crippen molar-refractivity contribution in [1.29, 1.82) is 0 Å². The maximum Gasteiger partial charge on any atom is 0.416 e. The zero-order valence-electron chi connectivity index (χ0n) is 23.6. The number of nitrogens with zero attached hydrogens (tertiary/aromatic N) is 5. The Labute approximate surface area is 242 Å². The molecule has 5 rings (SSSR count). The van der Waals surface area contributed by atoms with E-state index in [1.165, 1.54) is 12.1 Å². The highest BCUT2D eigenvalue weighted by atomic mass is 19.4. The molecule has 1 fully saturated rings. The summed E-state index contributed by atoms with van der Waals surface area (Å²) in [7, 11) is 2.11. The molecule has 1 aliphatic rings. The third kappa shape index (κ3) is 6.68. The molecule has 4 aromatic rings. The Morgan fingerprint density at radius 3 is 2.52 bits per heavy atom. The first-order valence-corrected chi connectivity index (χ1v) is 13.6. The van der Waals surface area contributed by atoms with E-state index in [4.69, 9.17) is 9.72 Å². The zero-order chi connectivity index (χ0) is 29.9. The predicted molar refractivity (Wildman–Crippen MR) is 155 cm³/mol. The summed E-state index contributed by atoms with van der Waals surface area (Å²) < 4.78 is 45.5. The maximum atomic E-state index is 13.1. The molecular formula is C31H31F3N6O2. The van der Waals surface area contributed by atoms with E-state index in [1.54, 1.807) is 30.6 Å². The SMILES string of the molecule is CCc1nccc(-c2cc(N3CCN(C)CC3)cnc2Oc2ccc(NC(=O)c3cccc(C(F)(F)F)c3)cc2C)n1. The van der Waals surface area contributed by atoms with E-state index in [2.05, 4.69) is 32.1 Å². The van der Waals surface area contributed by atoms with Crippen LogP contribution in [0.2, 0.25) is 0 Å². The fourth-order valence-electron chi connectivity index (χ4n) is 4.65. The van der Waals surface area contributed by atoms with Gasteiger partial charge in [-0.25, -0.2) is 15.0 Å². The number of carbonyl (C=O) groups excluding carboxylic acids is 1. The number of aryl methyl sites for hydroxylation is 2. The number of piperazine rings is 1. The Balaban J connectivity index is 1.40. The third-order valence-corrected chi connectivity index (χ3v) is 7.09. The summed E-state index contributed by atoms with van der Waals surface area (Å²) in [4.78, 5) is 31.0. The van der Waals surface area contributed by atoms with Gasteiger partial charge in [0.1, 0.15) is 11.6 Å². The highest BCUT2D eigenvalue weighted by Crippen LogP contribution is 2.36. The van der Waals surface area contributed by atoms with Crippen LogP contribution in [0, 0.1) is 6.92 Å². The van der Waals surface area contributed by atoms with Gasteiger partial charge in [0.25, 0.3) is 5.91 Å². The minimum atomic E-state index is -4.54. The number of amides is 1. The van der Waals surface area contributed by atoms with Crippen LogP contribution >= 0.6 is 0 Å². The predicted octanol–water partition coefficient (Wildman–Crippen LogP) is 6.22. The van der Waals surface area contributed by atoms with Gasteiger partial charge >= 0.3 is 6.18 Å². The smallest absolute Gasteiger partial charge is 0.416 e. The van der Waals surface area contributed by atoms with E-state index in [9.17, 15) is 18.0 Å². The Morgan fingerprint density at radius 1 is 1.02 bits per heavy atom. The Kier molecular flexibility index (Phi) is 8.39. The first-order chi connectivity index (χ1) is 20.1. The maximum absolute atomic E-state index is 13.1. The molecule has 42 heavy (non-hydrogen) atoms. The second kappa shape index (κ2) is 12.2. The molecule has 0 atom stereocenters. The number of likely N-dealkylation sites (N-methyl/N-ethyl adjacent to an activating group) is 1. The molecule has 218 valence electrons. The molecule has 3 heterocycles. The molecule has 0 aliphatic carbocycles. The Bertz CT molecular complexity index is 1590. The average molecular weight is 577 g/mol. The third-order valence-electron chi connectivity index (χ3n) is 7.09. The summed E-state index contributed by atoms with van der Waals surface area (Å²) in [6.07, 6.45) is -0.334. The first-order valence-electron chi connectivity index (χ1n) is 13.6. The van der Waals surface area contributed by atoms with Crippen molar-refractivity contribution in [3.63, 3.8) is 0 Å². The van der Waals surface area contributed by atoms with E-state index < -0.39 is 17.6 Å². The lowest BCUT2D eigenvalue weighted by molar-refractivity contribution is -0.137. The molecule has 0 spiro atoms. The number of aromatic nitrogens is 3. The summed E-state index contributed by atoms with van der Waals surface area (Å²) in [5.74, 6) is 0.948. The molecule has 2 aromatic heterocycles. The summed E-state index contributed by atoms with van der Waals surface area (Å²) in [5.41, 5.74) is 2.55. The number of pyridine rings is 1. The summed E-state index contributed by atoms with van der Waals surface area (Å²) in [5, 5.41) is 2.66. The van der Waals surface area contributed by atoms with E-state index in [0.29, 0.717) is 40.8 Å². The van der Waals surface area contributed by atoms with Crippen molar-refractivity contribution in [1.82, 2.24) is 19.9 Å². The quantitative estimate of drug-likeness (QED) is 0.280. The molecule has 0 radical (unpaired) electrons. The molecule has 1 N–H and O–H groups in total. The van der Waals surface area contributed by atoms with Gasteiger partial charge in [-0.05, 0) is 68.1 Å². The van der Waals surface area contributed by atoms with Crippen LogP contribution in [0.3, 0.4) is 0 Å². The van der Waals surface area contributed by atoms with Crippen LogP contribution < -0.4 is 15.0 Å². The normalized spacial score (nSPS) is 14.1. The molecule has 8 nitrogen and oxygen atoms in total. The van der Waals surface area contributed by atoms with E-state index in [1.807, 2.05) is 26.0 Å². The van der Waals surface area contributed by atoms with E-state index in [0.717, 1.165) is 49.6 Å². The lowest BCUT2D eigenvalue weighted by Gasteiger charge is -2.34. The van der Waals surface area contributed by atoms with Gasteiger partial charge in [-0.3, -0.25) is 4.79 Å². The van der Waals surface area contributed by atoms with Gasteiger partial charge in [0.2, 0.25) is 5.88 Å². The monoisotopic (exact) mass is 576 g/mol. The number of hydrogen-bond acceptors (Lipinski definition) is 7. The molecule has 2 aromatic carbocycles. The van der Waals surface area contributed by atoms with Gasteiger partial charge < -0.3 is 19.9 Å². The Morgan fingerprint density at radius 2 is 1.81 bits per heavy atom. The summed E-state index contributed by atoms with van der Waals surface area (Å²) in [6.45, 7) is 7.48. The second-order valence-electron chi connectivity index (χ2n) is 10.2. The summed E-state index contributed by atoms with van der Waals surface area (Å²) in [6, 6.07) is 13.2. The van der Waals surface area contributed by atoms with E-state index in [-0.39, 0.29) is 5.56 Å². The highest BCUT2D eigenvalue weighted by Gasteiger charge is 2.31. The number of benzene rings is 2. The minimum absolute atomic E-state index is 0.0895.